The van der Waals surface area contributed by atoms with Crippen LogP contribution in [0.1, 0.15) is 77.6 Å². The van der Waals surface area contributed by atoms with Crippen molar-refractivity contribution in [3.8, 4) is 0 Å². The molecular weight excluding hydrogens is 262 g/mol. The van der Waals surface area contributed by atoms with Gasteiger partial charge in [0.2, 0.25) is 0 Å². The first-order valence-electron chi connectivity index (χ1n) is 9.32. The van der Waals surface area contributed by atoms with Crippen LogP contribution in [0.5, 0.6) is 0 Å². The third kappa shape index (κ3) is 3.16. The zero-order valence-corrected chi connectivity index (χ0v) is 13.7. The zero-order valence-electron chi connectivity index (χ0n) is 13.7. The molecule has 3 rings (SSSR count). The second-order valence-corrected chi connectivity index (χ2v) is 7.50. The van der Waals surface area contributed by atoms with Crippen LogP contribution in [0, 0.1) is 5.41 Å². The van der Waals surface area contributed by atoms with Crippen molar-refractivity contribution in [1.29, 1.82) is 0 Å². The third-order valence-corrected chi connectivity index (χ3v) is 6.33. The molecule has 0 bridgehead atoms. The first-order valence-corrected chi connectivity index (χ1v) is 9.32. The molecule has 0 amide bonds. The molecule has 4 atom stereocenters. The second-order valence-electron chi connectivity index (χ2n) is 7.50. The van der Waals surface area contributed by atoms with Gasteiger partial charge in [0.05, 0.1) is 12.2 Å². The monoisotopic (exact) mass is 295 g/mol. The maximum atomic E-state index is 10.4. The molecule has 3 saturated carbocycles. The SMILES string of the molecule is CCOC1CC(NC2CCCCCC2O)C12CCCCC2. The Morgan fingerprint density at radius 1 is 1.05 bits per heavy atom. The maximum absolute atomic E-state index is 10.4. The Hall–Kier alpha value is -0.120. The number of aliphatic hydroxyl groups excluding tert-OH is 1. The molecule has 3 nitrogen and oxygen atoms in total. The fourth-order valence-electron chi connectivity index (χ4n) is 5.04. The first kappa shape index (κ1) is 15.8. The molecule has 0 aromatic carbocycles. The van der Waals surface area contributed by atoms with Gasteiger partial charge in [-0.15, -0.1) is 0 Å². The van der Waals surface area contributed by atoms with E-state index in [0.717, 1.165) is 25.9 Å². The van der Waals surface area contributed by atoms with Gasteiger partial charge in [0.15, 0.2) is 0 Å². The van der Waals surface area contributed by atoms with Gasteiger partial charge in [-0.3, -0.25) is 0 Å². The number of aliphatic hydroxyl groups is 1. The van der Waals surface area contributed by atoms with E-state index < -0.39 is 0 Å². The van der Waals surface area contributed by atoms with Crippen LogP contribution in [0.4, 0.5) is 0 Å². The lowest BCUT2D eigenvalue weighted by atomic mass is 9.55. The molecule has 0 saturated heterocycles. The molecule has 3 aliphatic carbocycles. The summed E-state index contributed by atoms with van der Waals surface area (Å²) < 4.78 is 6.04. The van der Waals surface area contributed by atoms with Gasteiger partial charge < -0.3 is 15.2 Å². The number of rotatable bonds is 4. The van der Waals surface area contributed by atoms with E-state index in [-0.39, 0.29) is 6.10 Å². The minimum atomic E-state index is -0.140. The van der Waals surface area contributed by atoms with E-state index in [2.05, 4.69) is 12.2 Å². The summed E-state index contributed by atoms with van der Waals surface area (Å²) in [5, 5.41) is 14.2. The highest BCUT2D eigenvalue weighted by molar-refractivity contribution is 5.10. The minimum absolute atomic E-state index is 0.140. The Labute approximate surface area is 129 Å². The second kappa shape index (κ2) is 6.97. The van der Waals surface area contributed by atoms with Crippen molar-refractivity contribution in [2.75, 3.05) is 6.61 Å². The Bertz CT molecular complexity index is 327. The Morgan fingerprint density at radius 3 is 2.52 bits per heavy atom. The van der Waals surface area contributed by atoms with Crippen LogP contribution < -0.4 is 5.32 Å². The average Bonchev–Trinajstić information content (AvgIpc) is 2.72. The standard InChI is InChI=1S/C18H33NO2/c1-2-21-17-13-16(18(17)11-7-4-8-12-18)19-14-9-5-3-6-10-15(14)20/h14-17,19-20H,2-13H2,1H3. The zero-order chi connectivity index (χ0) is 14.7. The van der Waals surface area contributed by atoms with E-state index in [9.17, 15) is 5.11 Å². The highest BCUT2D eigenvalue weighted by Gasteiger charge is 2.56. The van der Waals surface area contributed by atoms with Crippen molar-refractivity contribution >= 4 is 0 Å². The van der Waals surface area contributed by atoms with E-state index in [1.54, 1.807) is 0 Å². The van der Waals surface area contributed by atoms with E-state index in [1.807, 2.05) is 0 Å². The van der Waals surface area contributed by atoms with Crippen molar-refractivity contribution in [3.05, 3.63) is 0 Å². The van der Waals surface area contributed by atoms with Crippen LogP contribution in [-0.2, 0) is 4.74 Å². The molecule has 3 heteroatoms. The molecule has 3 aliphatic rings. The lowest BCUT2D eigenvalue weighted by molar-refractivity contribution is -0.154. The van der Waals surface area contributed by atoms with E-state index in [0.29, 0.717) is 23.6 Å². The lowest BCUT2D eigenvalue weighted by Crippen LogP contribution is -2.67. The lowest BCUT2D eigenvalue weighted by Gasteiger charge is -2.58. The van der Waals surface area contributed by atoms with Gasteiger partial charge in [0.1, 0.15) is 0 Å². The number of hydrogen-bond acceptors (Lipinski definition) is 3. The summed E-state index contributed by atoms with van der Waals surface area (Å²) in [5.74, 6) is 0. The fourth-order valence-corrected chi connectivity index (χ4v) is 5.04. The summed E-state index contributed by atoms with van der Waals surface area (Å²) in [4.78, 5) is 0. The third-order valence-electron chi connectivity index (χ3n) is 6.33. The minimum Gasteiger partial charge on any atom is -0.392 e. The normalized spacial score (nSPS) is 39.7. The van der Waals surface area contributed by atoms with Crippen molar-refractivity contribution in [1.82, 2.24) is 5.32 Å². The molecule has 1 spiro atoms. The van der Waals surface area contributed by atoms with Gasteiger partial charge >= 0.3 is 0 Å². The Balaban J connectivity index is 1.64. The molecule has 21 heavy (non-hydrogen) atoms. The van der Waals surface area contributed by atoms with Gasteiger partial charge in [-0.1, -0.05) is 38.5 Å². The van der Waals surface area contributed by atoms with E-state index in [4.69, 9.17) is 4.74 Å². The number of ether oxygens (including phenoxy) is 1. The Kier molecular flexibility index (Phi) is 5.23. The maximum Gasteiger partial charge on any atom is 0.0693 e. The van der Waals surface area contributed by atoms with Crippen LogP contribution in [0.15, 0.2) is 0 Å². The van der Waals surface area contributed by atoms with Gasteiger partial charge in [0.25, 0.3) is 0 Å². The summed E-state index contributed by atoms with van der Waals surface area (Å²) >= 11 is 0. The van der Waals surface area contributed by atoms with Gasteiger partial charge in [-0.25, -0.2) is 0 Å². The van der Waals surface area contributed by atoms with E-state index >= 15 is 0 Å². The molecule has 0 aromatic rings. The molecule has 0 radical (unpaired) electrons. The summed E-state index contributed by atoms with van der Waals surface area (Å²) in [6, 6.07) is 0.894. The molecule has 0 aliphatic heterocycles. The summed E-state index contributed by atoms with van der Waals surface area (Å²) in [7, 11) is 0. The van der Waals surface area contributed by atoms with E-state index in [1.165, 1.54) is 51.4 Å². The first-order chi connectivity index (χ1) is 10.3. The number of hydrogen-bond donors (Lipinski definition) is 2. The molecule has 2 N–H and O–H groups in total. The predicted octanol–water partition coefficient (Wildman–Crippen LogP) is 3.40. The number of nitrogens with one attached hydrogen (secondary N) is 1. The van der Waals surface area contributed by atoms with Crippen molar-refractivity contribution in [3.63, 3.8) is 0 Å². The molecule has 0 aromatic heterocycles. The van der Waals surface area contributed by atoms with Gasteiger partial charge in [0, 0.05) is 24.1 Å². The average molecular weight is 295 g/mol. The topological polar surface area (TPSA) is 41.5 Å². The van der Waals surface area contributed by atoms with Crippen LogP contribution in [0.25, 0.3) is 0 Å². The summed E-state index contributed by atoms with van der Waals surface area (Å²) in [5.41, 5.74) is 0.375. The van der Waals surface area contributed by atoms with Crippen molar-refractivity contribution in [2.45, 2.75) is 102 Å². The quantitative estimate of drug-likeness (QED) is 0.781. The summed E-state index contributed by atoms with van der Waals surface area (Å²) in [6.45, 7) is 2.96. The molecule has 122 valence electrons. The van der Waals surface area contributed by atoms with Crippen molar-refractivity contribution in [2.24, 2.45) is 5.41 Å². The van der Waals surface area contributed by atoms with Crippen LogP contribution >= 0.6 is 0 Å². The smallest absolute Gasteiger partial charge is 0.0693 e. The Morgan fingerprint density at radius 2 is 1.76 bits per heavy atom. The molecule has 3 fully saturated rings. The van der Waals surface area contributed by atoms with Crippen LogP contribution in [-0.4, -0.2) is 36.0 Å². The van der Waals surface area contributed by atoms with Gasteiger partial charge in [-0.2, -0.15) is 0 Å². The summed E-state index contributed by atoms with van der Waals surface area (Å²) in [6.07, 6.45) is 14.1. The van der Waals surface area contributed by atoms with Gasteiger partial charge in [-0.05, 0) is 39.0 Å². The van der Waals surface area contributed by atoms with Crippen LogP contribution in [0.2, 0.25) is 0 Å². The molecule has 4 unspecified atom stereocenters. The van der Waals surface area contributed by atoms with Crippen molar-refractivity contribution < 1.29 is 9.84 Å². The molecule has 0 heterocycles. The predicted molar refractivity (Wildman–Crippen MR) is 85.4 cm³/mol. The van der Waals surface area contributed by atoms with Crippen LogP contribution in [0.3, 0.4) is 0 Å². The highest BCUT2D eigenvalue weighted by atomic mass is 16.5. The highest BCUT2D eigenvalue weighted by Crippen LogP contribution is 2.53. The fraction of sp³-hybridized carbons (Fsp3) is 1.00. The largest absolute Gasteiger partial charge is 0.392 e. The molecular formula is C18H33NO2.